The number of unbranched alkanes of at least 4 members (excludes halogenated alkanes) is 18. The third kappa shape index (κ3) is 46.8. The molecule has 0 aliphatic rings. The normalized spacial score (nSPS) is 13.9. The summed E-state index contributed by atoms with van der Waals surface area (Å²) in [5.74, 6) is -0.846. The maximum absolute atomic E-state index is 12.7. The zero-order chi connectivity index (χ0) is 44.8. The van der Waals surface area contributed by atoms with Gasteiger partial charge in [-0.25, -0.2) is 4.57 Å². The van der Waals surface area contributed by atoms with Crippen molar-refractivity contribution in [2.45, 2.75) is 200 Å². The van der Waals surface area contributed by atoms with Crippen LogP contribution in [0.1, 0.15) is 194 Å². The van der Waals surface area contributed by atoms with E-state index in [0.29, 0.717) is 19.4 Å². The zero-order valence-corrected chi connectivity index (χ0v) is 40.2. The van der Waals surface area contributed by atoms with Crippen molar-refractivity contribution in [2.75, 3.05) is 40.5 Å². The van der Waals surface area contributed by atoms with Crippen molar-refractivity contribution < 1.29 is 37.6 Å². The first kappa shape index (κ1) is 58.5. The van der Waals surface area contributed by atoms with E-state index in [-0.39, 0.29) is 26.1 Å². The molecule has 0 saturated carbocycles. The summed E-state index contributed by atoms with van der Waals surface area (Å²) >= 11 is 0. The standard InChI is InChI=1S/C51H90NO8P/c1-5-7-9-11-13-15-17-19-21-23-25-27-29-31-33-35-37-39-41-43-50(53)57-47-49(48-59-61(55,56)58-46-45-52(3)4)60-51(54)44-42-40-38-36-34-32-30-28-26-24-22-20-18-16-14-12-10-8-6-2/h13-16,19-22,25,27,31,33,49H,5-12,17-18,23-24,26,28-30,32,34-48H2,1-4H3,(H,55,56)/b15-13-,16-14-,21-19-,22-20-,27-25-,33-31-. The molecule has 10 heteroatoms. The van der Waals surface area contributed by atoms with Gasteiger partial charge in [-0.2, -0.15) is 0 Å². The molecular formula is C51H90NO8P. The Morgan fingerprint density at radius 3 is 1.33 bits per heavy atom. The Labute approximate surface area is 374 Å². The van der Waals surface area contributed by atoms with E-state index in [1.165, 1.54) is 83.5 Å². The van der Waals surface area contributed by atoms with E-state index in [9.17, 15) is 19.0 Å². The fraction of sp³-hybridized carbons (Fsp3) is 0.725. The number of nitrogens with zero attached hydrogens (tertiary/aromatic N) is 1. The number of hydrogen-bond donors (Lipinski definition) is 1. The third-order valence-electron chi connectivity index (χ3n) is 9.99. The van der Waals surface area contributed by atoms with Gasteiger partial charge >= 0.3 is 19.8 Å². The molecule has 0 aliphatic heterocycles. The Bertz CT molecular complexity index is 1240. The van der Waals surface area contributed by atoms with Gasteiger partial charge < -0.3 is 19.3 Å². The van der Waals surface area contributed by atoms with Crippen LogP contribution < -0.4 is 0 Å². The van der Waals surface area contributed by atoms with Crippen molar-refractivity contribution in [1.82, 2.24) is 4.90 Å². The van der Waals surface area contributed by atoms with Crippen molar-refractivity contribution in [2.24, 2.45) is 0 Å². The summed E-state index contributed by atoms with van der Waals surface area (Å²) in [6, 6.07) is 0. The topological polar surface area (TPSA) is 112 Å². The van der Waals surface area contributed by atoms with Crippen LogP contribution in [0.4, 0.5) is 0 Å². The van der Waals surface area contributed by atoms with Crippen molar-refractivity contribution >= 4 is 19.8 Å². The fourth-order valence-corrected chi connectivity index (χ4v) is 6.97. The molecule has 0 aromatic carbocycles. The third-order valence-corrected chi connectivity index (χ3v) is 11.0. The minimum atomic E-state index is -4.38. The lowest BCUT2D eigenvalue weighted by atomic mass is 10.1. The van der Waals surface area contributed by atoms with Crippen molar-refractivity contribution in [3.63, 3.8) is 0 Å². The number of carbonyl (C=O) groups is 2. The molecule has 0 aromatic heterocycles. The smallest absolute Gasteiger partial charge is 0.462 e. The number of phosphoric ester groups is 1. The van der Waals surface area contributed by atoms with Crippen molar-refractivity contribution in [1.29, 1.82) is 0 Å². The highest BCUT2D eigenvalue weighted by molar-refractivity contribution is 7.47. The second-order valence-corrected chi connectivity index (χ2v) is 17.7. The monoisotopic (exact) mass is 876 g/mol. The maximum atomic E-state index is 12.7. The van der Waals surface area contributed by atoms with Gasteiger partial charge in [0.2, 0.25) is 0 Å². The van der Waals surface area contributed by atoms with E-state index < -0.39 is 32.5 Å². The zero-order valence-electron chi connectivity index (χ0n) is 39.3. The van der Waals surface area contributed by atoms with Gasteiger partial charge in [0.15, 0.2) is 6.10 Å². The molecular weight excluding hydrogens is 786 g/mol. The summed E-state index contributed by atoms with van der Waals surface area (Å²) in [5, 5.41) is 0. The van der Waals surface area contributed by atoms with Crippen LogP contribution in [-0.2, 0) is 32.7 Å². The first-order valence-electron chi connectivity index (χ1n) is 24.2. The molecule has 61 heavy (non-hydrogen) atoms. The molecule has 2 unspecified atom stereocenters. The number of hydrogen-bond acceptors (Lipinski definition) is 8. The molecule has 0 amide bonds. The molecule has 0 fully saturated rings. The lowest BCUT2D eigenvalue weighted by molar-refractivity contribution is -0.161. The first-order chi connectivity index (χ1) is 29.7. The average Bonchev–Trinajstić information content (AvgIpc) is 3.23. The molecule has 0 heterocycles. The quantitative estimate of drug-likeness (QED) is 0.0277. The number of rotatable bonds is 44. The molecule has 0 spiro atoms. The predicted octanol–water partition coefficient (Wildman–Crippen LogP) is 14.4. The van der Waals surface area contributed by atoms with Crippen LogP contribution in [0.2, 0.25) is 0 Å². The number of phosphoric acid groups is 1. The van der Waals surface area contributed by atoms with Gasteiger partial charge in [-0.05, 0) is 104 Å². The van der Waals surface area contributed by atoms with Crippen LogP contribution in [0.15, 0.2) is 72.9 Å². The lowest BCUT2D eigenvalue weighted by Crippen LogP contribution is -2.29. The van der Waals surface area contributed by atoms with Gasteiger partial charge in [0.25, 0.3) is 0 Å². The van der Waals surface area contributed by atoms with Crippen LogP contribution >= 0.6 is 7.82 Å². The molecule has 2 atom stereocenters. The van der Waals surface area contributed by atoms with Crippen molar-refractivity contribution in [3.8, 4) is 0 Å². The van der Waals surface area contributed by atoms with Gasteiger partial charge in [-0.3, -0.25) is 18.6 Å². The Morgan fingerprint density at radius 1 is 0.508 bits per heavy atom. The van der Waals surface area contributed by atoms with Gasteiger partial charge in [-0.1, -0.05) is 164 Å². The molecule has 0 saturated heterocycles. The van der Waals surface area contributed by atoms with Gasteiger partial charge in [-0.15, -0.1) is 0 Å². The van der Waals surface area contributed by atoms with Crippen LogP contribution in [0.25, 0.3) is 0 Å². The number of ether oxygens (including phenoxy) is 2. The second kappa shape index (κ2) is 45.5. The van der Waals surface area contributed by atoms with Crippen LogP contribution in [0, 0.1) is 0 Å². The predicted molar refractivity (Wildman–Crippen MR) is 257 cm³/mol. The van der Waals surface area contributed by atoms with E-state index in [4.69, 9.17) is 18.5 Å². The molecule has 0 aliphatic carbocycles. The van der Waals surface area contributed by atoms with E-state index in [1.54, 1.807) is 0 Å². The number of likely N-dealkylation sites (N-methyl/N-ethyl adjacent to an activating group) is 1. The van der Waals surface area contributed by atoms with Crippen LogP contribution in [0.3, 0.4) is 0 Å². The SMILES string of the molecule is CCCCC/C=C\C/C=C\C/C=C\C/C=C\CCCCCC(=O)OCC(COP(=O)(O)OCCN(C)C)OC(=O)CCCCCCCCCCC/C=C\C/C=C\CCCCC. The van der Waals surface area contributed by atoms with E-state index >= 15 is 0 Å². The van der Waals surface area contributed by atoms with Gasteiger partial charge in [0.05, 0.1) is 13.2 Å². The minimum absolute atomic E-state index is 0.00218. The Kier molecular flexibility index (Phi) is 43.6. The number of esters is 2. The minimum Gasteiger partial charge on any atom is -0.462 e. The summed E-state index contributed by atoms with van der Waals surface area (Å²) < 4.78 is 33.5. The maximum Gasteiger partial charge on any atom is 0.472 e. The van der Waals surface area contributed by atoms with Gasteiger partial charge in [0.1, 0.15) is 6.61 Å². The highest BCUT2D eigenvalue weighted by atomic mass is 31.2. The molecule has 0 rings (SSSR count). The summed E-state index contributed by atoms with van der Waals surface area (Å²) in [7, 11) is -0.737. The second-order valence-electron chi connectivity index (χ2n) is 16.3. The van der Waals surface area contributed by atoms with Crippen molar-refractivity contribution in [3.05, 3.63) is 72.9 Å². The summed E-state index contributed by atoms with van der Waals surface area (Å²) in [5.41, 5.74) is 0. The molecule has 0 aromatic rings. The van der Waals surface area contributed by atoms with E-state index in [1.807, 2.05) is 19.0 Å². The highest BCUT2D eigenvalue weighted by Gasteiger charge is 2.26. The Balaban J connectivity index is 4.31. The molecule has 352 valence electrons. The van der Waals surface area contributed by atoms with E-state index in [2.05, 4.69) is 86.8 Å². The summed E-state index contributed by atoms with van der Waals surface area (Å²) in [6.45, 7) is 4.23. The molecule has 9 nitrogen and oxygen atoms in total. The number of allylic oxidation sites excluding steroid dienone is 12. The van der Waals surface area contributed by atoms with E-state index in [0.717, 1.165) is 70.6 Å². The summed E-state index contributed by atoms with van der Waals surface area (Å²) in [4.78, 5) is 37.1. The number of carbonyl (C=O) groups excluding carboxylic acids is 2. The first-order valence-corrected chi connectivity index (χ1v) is 25.7. The van der Waals surface area contributed by atoms with Crippen LogP contribution in [-0.4, -0.2) is 68.3 Å². The molecule has 0 bridgehead atoms. The molecule has 1 N–H and O–H groups in total. The van der Waals surface area contributed by atoms with Gasteiger partial charge in [0, 0.05) is 19.4 Å². The highest BCUT2D eigenvalue weighted by Crippen LogP contribution is 2.43. The Morgan fingerprint density at radius 2 is 0.885 bits per heavy atom. The lowest BCUT2D eigenvalue weighted by Gasteiger charge is -2.20. The Hall–Kier alpha value is -2.55. The molecule has 0 radical (unpaired) electrons. The fourth-order valence-electron chi connectivity index (χ4n) is 6.23. The average molecular weight is 876 g/mol. The van der Waals surface area contributed by atoms with Crippen LogP contribution in [0.5, 0.6) is 0 Å². The summed E-state index contributed by atoms with van der Waals surface area (Å²) in [6.07, 6.45) is 55.1. The largest absolute Gasteiger partial charge is 0.472 e.